The van der Waals surface area contributed by atoms with Crippen molar-refractivity contribution >= 4 is 0 Å². The molecular formula is C16H28N2O2. The molecule has 0 amide bonds. The molecule has 1 fully saturated rings. The molecule has 1 saturated carbocycles. The summed E-state index contributed by atoms with van der Waals surface area (Å²) in [5.74, 6) is 0. The number of aromatic nitrogens is 2. The molecule has 0 aliphatic heterocycles. The van der Waals surface area contributed by atoms with Crippen molar-refractivity contribution in [1.82, 2.24) is 9.78 Å². The van der Waals surface area contributed by atoms with Gasteiger partial charge in [-0.25, -0.2) is 0 Å². The minimum atomic E-state index is -0.457. The summed E-state index contributed by atoms with van der Waals surface area (Å²) in [5, 5.41) is 15.0. The van der Waals surface area contributed by atoms with E-state index in [4.69, 9.17) is 4.74 Å². The van der Waals surface area contributed by atoms with E-state index in [1.54, 1.807) is 0 Å². The van der Waals surface area contributed by atoms with Crippen LogP contribution in [0.4, 0.5) is 0 Å². The number of rotatable bonds is 8. The van der Waals surface area contributed by atoms with E-state index in [1.807, 2.05) is 13.0 Å². The molecular weight excluding hydrogens is 252 g/mol. The van der Waals surface area contributed by atoms with Gasteiger partial charge in [0.15, 0.2) is 0 Å². The van der Waals surface area contributed by atoms with E-state index in [0.717, 1.165) is 18.5 Å². The number of nitrogens with zero attached hydrogens (tertiary/aromatic N) is 2. The van der Waals surface area contributed by atoms with Crippen LogP contribution in [0.2, 0.25) is 0 Å². The molecule has 0 bridgehead atoms. The van der Waals surface area contributed by atoms with Gasteiger partial charge in [-0.3, -0.25) is 4.68 Å². The molecule has 0 aromatic carbocycles. The Morgan fingerprint density at radius 2 is 2.15 bits per heavy atom. The predicted octanol–water partition coefficient (Wildman–Crippen LogP) is 3.11. The zero-order chi connectivity index (χ0) is 14.4. The average molecular weight is 280 g/mol. The van der Waals surface area contributed by atoms with Gasteiger partial charge in [-0.15, -0.1) is 0 Å². The van der Waals surface area contributed by atoms with Crippen molar-refractivity contribution in [3.05, 3.63) is 18.0 Å². The molecule has 2 rings (SSSR count). The van der Waals surface area contributed by atoms with Crippen LogP contribution >= 0.6 is 0 Å². The lowest BCUT2D eigenvalue weighted by atomic mass is 10.0. The summed E-state index contributed by atoms with van der Waals surface area (Å²) in [7, 11) is 0. The molecule has 4 nitrogen and oxygen atoms in total. The van der Waals surface area contributed by atoms with E-state index in [1.165, 1.54) is 25.7 Å². The van der Waals surface area contributed by atoms with E-state index < -0.39 is 6.10 Å². The van der Waals surface area contributed by atoms with Crippen LogP contribution in [-0.4, -0.2) is 33.7 Å². The lowest BCUT2D eigenvalue weighted by molar-refractivity contribution is -0.0367. The second-order valence-corrected chi connectivity index (χ2v) is 5.78. The molecule has 1 aliphatic rings. The quantitative estimate of drug-likeness (QED) is 0.796. The van der Waals surface area contributed by atoms with E-state index >= 15 is 0 Å². The van der Waals surface area contributed by atoms with Crippen LogP contribution in [0, 0.1) is 0 Å². The lowest BCUT2D eigenvalue weighted by Crippen LogP contribution is -2.31. The smallest absolute Gasteiger partial charge is 0.0857 e. The number of aliphatic hydroxyl groups is 1. The molecule has 2 unspecified atom stereocenters. The zero-order valence-electron chi connectivity index (χ0n) is 12.8. The molecule has 4 heteroatoms. The van der Waals surface area contributed by atoms with Crippen LogP contribution in [0.1, 0.15) is 64.1 Å². The largest absolute Gasteiger partial charge is 0.390 e. The normalized spacial score (nSPS) is 19.4. The van der Waals surface area contributed by atoms with Crippen LogP contribution in [0.25, 0.3) is 0 Å². The first-order chi connectivity index (χ1) is 9.74. The van der Waals surface area contributed by atoms with Gasteiger partial charge in [0.05, 0.1) is 23.9 Å². The van der Waals surface area contributed by atoms with Crippen LogP contribution in [-0.2, 0) is 11.2 Å². The Morgan fingerprint density at radius 3 is 2.80 bits per heavy atom. The number of hydrogen-bond donors (Lipinski definition) is 1. The second kappa shape index (κ2) is 7.79. The third-order valence-corrected chi connectivity index (χ3v) is 4.16. The SMILES string of the molecule is CCCC(OCC)C(O)Cc1ccn(C2CCCC2)n1. The first-order valence-electron chi connectivity index (χ1n) is 8.08. The molecule has 1 N–H and O–H groups in total. The molecule has 1 aromatic rings. The van der Waals surface area contributed by atoms with Crippen molar-refractivity contribution in [3.8, 4) is 0 Å². The Hall–Kier alpha value is -0.870. The van der Waals surface area contributed by atoms with E-state index in [9.17, 15) is 5.11 Å². The minimum Gasteiger partial charge on any atom is -0.390 e. The van der Waals surface area contributed by atoms with Crippen molar-refractivity contribution in [1.29, 1.82) is 0 Å². The first-order valence-corrected chi connectivity index (χ1v) is 8.08. The molecule has 20 heavy (non-hydrogen) atoms. The highest BCUT2D eigenvalue weighted by Crippen LogP contribution is 2.28. The van der Waals surface area contributed by atoms with Gasteiger partial charge in [0.2, 0.25) is 0 Å². The summed E-state index contributed by atoms with van der Waals surface area (Å²) in [6.07, 6.45) is 9.15. The fourth-order valence-electron chi connectivity index (χ4n) is 3.09. The summed E-state index contributed by atoms with van der Waals surface area (Å²) < 4.78 is 7.73. The van der Waals surface area contributed by atoms with Crippen molar-refractivity contribution in [2.45, 2.75) is 77.0 Å². The third-order valence-electron chi connectivity index (χ3n) is 4.16. The van der Waals surface area contributed by atoms with Gasteiger partial charge in [-0.1, -0.05) is 26.2 Å². The van der Waals surface area contributed by atoms with Gasteiger partial charge < -0.3 is 9.84 Å². The highest BCUT2D eigenvalue weighted by atomic mass is 16.5. The van der Waals surface area contributed by atoms with Crippen molar-refractivity contribution in [2.24, 2.45) is 0 Å². The topological polar surface area (TPSA) is 47.3 Å². The van der Waals surface area contributed by atoms with Gasteiger partial charge in [-0.2, -0.15) is 5.10 Å². The lowest BCUT2D eigenvalue weighted by Gasteiger charge is -2.21. The van der Waals surface area contributed by atoms with E-state index in [0.29, 0.717) is 19.1 Å². The fourth-order valence-corrected chi connectivity index (χ4v) is 3.09. The standard InChI is InChI=1S/C16H28N2O2/c1-3-7-16(20-4-2)15(19)12-13-10-11-18(17-13)14-8-5-6-9-14/h10-11,14-16,19H,3-9,12H2,1-2H3. The first kappa shape index (κ1) is 15.5. The molecule has 0 saturated heterocycles. The number of hydrogen-bond acceptors (Lipinski definition) is 3. The van der Waals surface area contributed by atoms with Crippen LogP contribution in [0.3, 0.4) is 0 Å². The van der Waals surface area contributed by atoms with Gasteiger partial charge in [0.25, 0.3) is 0 Å². The molecule has 1 heterocycles. The van der Waals surface area contributed by atoms with E-state index in [2.05, 4.69) is 22.9 Å². The van der Waals surface area contributed by atoms with Gasteiger partial charge in [0.1, 0.15) is 0 Å². The maximum atomic E-state index is 10.3. The molecule has 114 valence electrons. The Bertz CT molecular complexity index is 380. The van der Waals surface area contributed by atoms with Gasteiger partial charge in [-0.05, 0) is 32.3 Å². The summed E-state index contributed by atoms with van der Waals surface area (Å²) in [6.45, 7) is 4.75. The zero-order valence-corrected chi connectivity index (χ0v) is 12.8. The Balaban J connectivity index is 1.91. The Morgan fingerprint density at radius 1 is 1.40 bits per heavy atom. The summed E-state index contributed by atoms with van der Waals surface area (Å²) in [5.41, 5.74) is 0.977. The van der Waals surface area contributed by atoms with Crippen LogP contribution < -0.4 is 0 Å². The highest BCUT2D eigenvalue weighted by molar-refractivity contribution is 5.02. The second-order valence-electron chi connectivity index (χ2n) is 5.78. The van der Waals surface area contributed by atoms with E-state index in [-0.39, 0.29) is 6.10 Å². The predicted molar refractivity (Wildman–Crippen MR) is 79.8 cm³/mol. The number of ether oxygens (including phenoxy) is 1. The maximum absolute atomic E-state index is 10.3. The van der Waals surface area contributed by atoms with Crippen LogP contribution in [0.5, 0.6) is 0 Å². The molecule has 1 aliphatic carbocycles. The Labute approximate surface area is 122 Å². The summed E-state index contributed by atoms with van der Waals surface area (Å²) >= 11 is 0. The third kappa shape index (κ3) is 4.06. The van der Waals surface area contributed by atoms with Gasteiger partial charge in [0, 0.05) is 19.2 Å². The molecule has 1 aromatic heterocycles. The maximum Gasteiger partial charge on any atom is 0.0857 e. The fraction of sp³-hybridized carbons (Fsp3) is 0.812. The highest BCUT2D eigenvalue weighted by Gasteiger charge is 2.22. The van der Waals surface area contributed by atoms with Gasteiger partial charge >= 0.3 is 0 Å². The molecule has 0 spiro atoms. The number of aliphatic hydroxyl groups excluding tert-OH is 1. The van der Waals surface area contributed by atoms with Crippen molar-refractivity contribution < 1.29 is 9.84 Å². The summed E-state index contributed by atoms with van der Waals surface area (Å²) in [6, 6.07) is 2.61. The van der Waals surface area contributed by atoms with Crippen molar-refractivity contribution in [2.75, 3.05) is 6.61 Å². The molecule has 2 atom stereocenters. The summed E-state index contributed by atoms with van der Waals surface area (Å²) in [4.78, 5) is 0. The average Bonchev–Trinajstić information content (AvgIpc) is 3.08. The molecule has 0 radical (unpaired) electrons. The Kier molecular flexibility index (Phi) is 6.05. The minimum absolute atomic E-state index is 0.0679. The monoisotopic (exact) mass is 280 g/mol. The van der Waals surface area contributed by atoms with Crippen molar-refractivity contribution in [3.63, 3.8) is 0 Å². The van der Waals surface area contributed by atoms with Crippen LogP contribution in [0.15, 0.2) is 12.3 Å².